The Balaban J connectivity index is 1.82. The average molecular weight is 229 g/mol. The minimum absolute atomic E-state index is 0.664. The van der Waals surface area contributed by atoms with E-state index in [1.807, 2.05) is 12.1 Å². The number of pyridine rings is 1. The third-order valence-corrected chi connectivity index (χ3v) is 3.62. The third-order valence-electron chi connectivity index (χ3n) is 2.30. The molecule has 14 heavy (non-hydrogen) atoms. The second kappa shape index (κ2) is 5.01. The molecule has 0 unspecified atom stereocenters. The van der Waals surface area contributed by atoms with Crippen LogP contribution >= 0.6 is 23.4 Å². The zero-order valence-corrected chi connectivity index (χ0v) is 9.44. The Kier molecular flexibility index (Phi) is 3.67. The van der Waals surface area contributed by atoms with Gasteiger partial charge in [-0.15, -0.1) is 11.8 Å². The molecule has 1 atom stereocenters. The minimum Gasteiger partial charge on any atom is -0.313 e. The van der Waals surface area contributed by atoms with Crippen LogP contribution in [0.4, 0.5) is 0 Å². The summed E-state index contributed by atoms with van der Waals surface area (Å²) in [6, 6.07) is 4.53. The first kappa shape index (κ1) is 10.3. The lowest BCUT2D eigenvalue weighted by Gasteiger charge is -2.08. The van der Waals surface area contributed by atoms with Crippen molar-refractivity contribution in [1.82, 2.24) is 10.3 Å². The number of halogens is 1. The number of thioether (sulfide) groups is 1. The van der Waals surface area contributed by atoms with Crippen LogP contribution in [0.25, 0.3) is 0 Å². The van der Waals surface area contributed by atoms with Crippen molar-refractivity contribution in [3.8, 4) is 0 Å². The van der Waals surface area contributed by atoms with Crippen molar-refractivity contribution in [2.75, 3.05) is 12.3 Å². The van der Waals surface area contributed by atoms with E-state index in [0.717, 1.165) is 10.8 Å². The Hall–Kier alpha value is -0.250. The van der Waals surface area contributed by atoms with Crippen molar-refractivity contribution in [1.29, 1.82) is 0 Å². The van der Waals surface area contributed by atoms with Gasteiger partial charge in [0.05, 0.1) is 10.0 Å². The van der Waals surface area contributed by atoms with Crippen LogP contribution < -0.4 is 5.32 Å². The number of aromatic nitrogens is 1. The largest absolute Gasteiger partial charge is 0.313 e. The minimum atomic E-state index is 0.664. The van der Waals surface area contributed by atoms with Gasteiger partial charge in [-0.25, -0.2) is 4.98 Å². The monoisotopic (exact) mass is 228 g/mol. The lowest BCUT2D eigenvalue weighted by atomic mass is 10.3. The van der Waals surface area contributed by atoms with Gasteiger partial charge in [0.15, 0.2) is 0 Å². The highest BCUT2D eigenvalue weighted by Crippen LogP contribution is 2.20. The molecule has 76 valence electrons. The van der Waals surface area contributed by atoms with Crippen LogP contribution in [-0.4, -0.2) is 23.3 Å². The number of rotatable bonds is 3. The van der Waals surface area contributed by atoms with Crippen LogP contribution in [0.15, 0.2) is 23.4 Å². The summed E-state index contributed by atoms with van der Waals surface area (Å²) in [5.74, 6) is 1.11. The van der Waals surface area contributed by atoms with Crippen LogP contribution in [0, 0.1) is 0 Å². The fraction of sp³-hybridized carbons (Fsp3) is 0.500. The van der Waals surface area contributed by atoms with Gasteiger partial charge in [0.25, 0.3) is 0 Å². The molecule has 1 aromatic rings. The summed E-state index contributed by atoms with van der Waals surface area (Å²) in [7, 11) is 0. The molecule has 0 saturated carbocycles. The van der Waals surface area contributed by atoms with Gasteiger partial charge in [0.1, 0.15) is 0 Å². The molecular weight excluding hydrogens is 216 g/mol. The average Bonchev–Trinajstić information content (AvgIpc) is 2.70. The predicted molar refractivity (Wildman–Crippen MR) is 61.0 cm³/mol. The fourth-order valence-corrected chi connectivity index (χ4v) is 2.59. The normalized spacial score (nSPS) is 21.4. The Morgan fingerprint density at radius 1 is 1.57 bits per heavy atom. The molecule has 2 heterocycles. The highest BCUT2D eigenvalue weighted by atomic mass is 35.5. The Morgan fingerprint density at radius 2 is 2.50 bits per heavy atom. The van der Waals surface area contributed by atoms with E-state index in [-0.39, 0.29) is 0 Å². The Bertz CT molecular complexity index is 283. The first-order valence-electron chi connectivity index (χ1n) is 4.82. The summed E-state index contributed by atoms with van der Waals surface area (Å²) in [6.07, 6.45) is 4.30. The molecule has 2 nitrogen and oxygen atoms in total. The van der Waals surface area contributed by atoms with E-state index in [9.17, 15) is 0 Å². The number of nitrogens with one attached hydrogen (secondary N) is 1. The summed E-state index contributed by atoms with van der Waals surface area (Å²) in [5, 5.41) is 5.22. The molecule has 1 fully saturated rings. The highest BCUT2D eigenvalue weighted by Gasteiger charge is 2.13. The van der Waals surface area contributed by atoms with Crippen LogP contribution in [0.2, 0.25) is 5.02 Å². The standard InChI is InChI=1S/C10H13ClN2S/c11-8-3-4-10(13-6-8)14-7-9-2-1-5-12-9/h3-4,6,9,12H,1-2,5,7H2/t9-/m0/s1. The Labute approximate surface area is 93.4 Å². The molecular formula is C10H13ClN2S. The van der Waals surface area contributed by atoms with E-state index in [4.69, 9.17) is 11.6 Å². The first-order chi connectivity index (χ1) is 6.84. The van der Waals surface area contributed by atoms with Gasteiger partial charge in [0, 0.05) is 18.0 Å². The molecule has 1 aliphatic rings. The van der Waals surface area contributed by atoms with E-state index in [0.29, 0.717) is 11.1 Å². The molecule has 1 aliphatic heterocycles. The lowest BCUT2D eigenvalue weighted by molar-refractivity contribution is 0.673. The molecule has 1 N–H and O–H groups in total. The summed E-state index contributed by atoms with van der Waals surface area (Å²) < 4.78 is 0. The zero-order chi connectivity index (χ0) is 9.80. The topological polar surface area (TPSA) is 24.9 Å². The van der Waals surface area contributed by atoms with Crippen molar-refractivity contribution in [3.05, 3.63) is 23.4 Å². The van der Waals surface area contributed by atoms with Crippen molar-refractivity contribution in [3.63, 3.8) is 0 Å². The van der Waals surface area contributed by atoms with E-state index in [2.05, 4.69) is 10.3 Å². The van der Waals surface area contributed by atoms with Gasteiger partial charge in [-0.3, -0.25) is 0 Å². The molecule has 0 amide bonds. The van der Waals surface area contributed by atoms with Crippen LogP contribution in [-0.2, 0) is 0 Å². The SMILES string of the molecule is Clc1ccc(SC[C@@H]2CCCN2)nc1. The van der Waals surface area contributed by atoms with E-state index in [1.165, 1.54) is 19.4 Å². The smallest absolute Gasteiger partial charge is 0.0961 e. The summed E-state index contributed by atoms with van der Waals surface area (Å²) >= 11 is 7.55. The summed E-state index contributed by atoms with van der Waals surface area (Å²) in [6.45, 7) is 1.17. The van der Waals surface area contributed by atoms with Crippen LogP contribution in [0.1, 0.15) is 12.8 Å². The zero-order valence-electron chi connectivity index (χ0n) is 7.87. The number of nitrogens with zero attached hydrogens (tertiary/aromatic N) is 1. The quantitative estimate of drug-likeness (QED) is 0.806. The maximum absolute atomic E-state index is 5.75. The number of hydrogen-bond acceptors (Lipinski definition) is 3. The van der Waals surface area contributed by atoms with Crippen LogP contribution in [0.3, 0.4) is 0 Å². The molecule has 0 spiro atoms. The Morgan fingerprint density at radius 3 is 3.14 bits per heavy atom. The molecule has 0 aliphatic carbocycles. The van der Waals surface area contributed by atoms with Crippen molar-refractivity contribution in [2.45, 2.75) is 23.9 Å². The van der Waals surface area contributed by atoms with Gasteiger partial charge in [-0.1, -0.05) is 11.6 Å². The molecule has 2 rings (SSSR count). The molecule has 4 heteroatoms. The first-order valence-corrected chi connectivity index (χ1v) is 6.19. The second-order valence-corrected chi connectivity index (χ2v) is 4.90. The van der Waals surface area contributed by atoms with Gasteiger partial charge in [0.2, 0.25) is 0 Å². The third kappa shape index (κ3) is 2.87. The van der Waals surface area contributed by atoms with Gasteiger partial charge < -0.3 is 5.32 Å². The number of hydrogen-bond donors (Lipinski definition) is 1. The van der Waals surface area contributed by atoms with E-state index in [1.54, 1.807) is 18.0 Å². The van der Waals surface area contributed by atoms with E-state index < -0.39 is 0 Å². The molecule has 0 aromatic carbocycles. The second-order valence-electron chi connectivity index (χ2n) is 3.42. The fourth-order valence-electron chi connectivity index (χ4n) is 1.53. The summed E-state index contributed by atoms with van der Waals surface area (Å²) in [4.78, 5) is 4.24. The molecule has 0 bridgehead atoms. The van der Waals surface area contributed by atoms with E-state index >= 15 is 0 Å². The van der Waals surface area contributed by atoms with Crippen molar-refractivity contribution < 1.29 is 0 Å². The molecule has 0 radical (unpaired) electrons. The predicted octanol–water partition coefficient (Wildman–Crippen LogP) is 2.58. The van der Waals surface area contributed by atoms with Crippen molar-refractivity contribution in [2.24, 2.45) is 0 Å². The van der Waals surface area contributed by atoms with Gasteiger partial charge in [-0.2, -0.15) is 0 Å². The van der Waals surface area contributed by atoms with Crippen molar-refractivity contribution >= 4 is 23.4 Å². The highest BCUT2D eigenvalue weighted by molar-refractivity contribution is 7.99. The maximum atomic E-state index is 5.75. The van der Waals surface area contributed by atoms with Gasteiger partial charge >= 0.3 is 0 Å². The maximum Gasteiger partial charge on any atom is 0.0961 e. The van der Waals surface area contributed by atoms with Crippen LogP contribution in [0.5, 0.6) is 0 Å². The van der Waals surface area contributed by atoms with Gasteiger partial charge in [-0.05, 0) is 31.5 Å². The summed E-state index contributed by atoms with van der Waals surface area (Å²) in [5.41, 5.74) is 0. The molecule has 1 aromatic heterocycles. The molecule has 1 saturated heterocycles. The lowest BCUT2D eigenvalue weighted by Crippen LogP contribution is -2.23.